The van der Waals surface area contributed by atoms with Crippen molar-refractivity contribution in [3.8, 4) is 0 Å². The van der Waals surface area contributed by atoms with Gasteiger partial charge in [-0.05, 0) is 37.7 Å². The molecule has 2 rings (SSSR count). The zero-order valence-electron chi connectivity index (χ0n) is 12.3. The molecule has 0 saturated heterocycles. The summed E-state index contributed by atoms with van der Waals surface area (Å²) in [5.41, 5.74) is 2.22. The third-order valence-corrected chi connectivity index (χ3v) is 4.05. The molecule has 1 aromatic heterocycles. The molecule has 0 bridgehead atoms. The van der Waals surface area contributed by atoms with E-state index in [-0.39, 0.29) is 0 Å². The van der Waals surface area contributed by atoms with Gasteiger partial charge in [0.15, 0.2) is 0 Å². The van der Waals surface area contributed by atoms with E-state index in [9.17, 15) is 0 Å². The molecule has 2 unspecified atom stereocenters. The van der Waals surface area contributed by atoms with E-state index in [1.807, 2.05) is 12.4 Å². The van der Waals surface area contributed by atoms with Gasteiger partial charge in [-0.25, -0.2) is 0 Å². The maximum absolute atomic E-state index is 4.26. The Balaban J connectivity index is 1.74. The molecule has 3 heteroatoms. The Hall–Kier alpha value is -1.25. The second-order valence-corrected chi connectivity index (χ2v) is 5.85. The summed E-state index contributed by atoms with van der Waals surface area (Å²) < 4.78 is 0. The van der Waals surface area contributed by atoms with Gasteiger partial charge in [-0.2, -0.15) is 0 Å². The molecule has 0 radical (unpaired) electrons. The average Bonchev–Trinajstić information content (AvgIpc) is 2.40. The Morgan fingerprint density at radius 3 is 2.74 bits per heavy atom. The van der Waals surface area contributed by atoms with Crippen molar-refractivity contribution >= 4 is 11.4 Å². The Kier molecular flexibility index (Phi) is 5.49. The zero-order valence-corrected chi connectivity index (χ0v) is 12.3. The molecular formula is C16H27N3. The fraction of sp³-hybridized carbons (Fsp3) is 0.688. The van der Waals surface area contributed by atoms with Crippen LogP contribution in [0.4, 0.5) is 11.4 Å². The molecule has 0 aliphatic heterocycles. The van der Waals surface area contributed by atoms with Crippen LogP contribution in [0.15, 0.2) is 18.5 Å². The predicted molar refractivity (Wildman–Crippen MR) is 82.6 cm³/mol. The van der Waals surface area contributed by atoms with E-state index in [0.717, 1.165) is 36.3 Å². The van der Waals surface area contributed by atoms with Gasteiger partial charge < -0.3 is 10.6 Å². The van der Waals surface area contributed by atoms with E-state index in [1.165, 1.54) is 32.1 Å². The van der Waals surface area contributed by atoms with Crippen LogP contribution in [0.1, 0.15) is 46.0 Å². The largest absolute Gasteiger partial charge is 0.384 e. The number of nitrogens with one attached hydrogen (secondary N) is 2. The maximum Gasteiger partial charge on any atom is 0.0547 e. The molecule has 2 atom stereocenters. The highest BCUT2D eigenvalue weighted by Crippen LogP contribution is 2.30. The van der Waals surface area contributed by atoms with Crippen LogP contribution in [0.3, 0.4) is 0 Å². The summed E-state index contributed by atoms with van der Waals surface area (Å²) in [5, 5.41) is 6.79. The molecule has 106 valence electrons. The number of aromatic nitrogens is 1. The lowest BCUT2D eigenvalue weighted by Crippen LogP contribution is -2.16. The minimum absolute atomic E-state index is 0.918. The summed E-state index contributed by atoms with van der Waals surface area (Å²) in [6.45, 7) is 6.49. The number of nitrogens with zero attached hydrogens (tertiary/aromatic N) is 1. The van der Waals surface area contributed by atoms with Crippen molar-refractivity contribution in [1.82, 2.24) is 4.98 Å². The van der Waals surface area contributed by atoms with Gasteiger partial charge in [0.05, 0.1) is 23.8 Å². The van der Waals surface area contributed by atoms with E-state index in [1.54, 1.807) is 0 Å². The normalized spacial score (nSPS) is 23.1. The molecule has 0 spiro atoms. The van der Waals surface area contributed by atoms with Gasteiger partial charge >= 0.3 is 0 Å². The van der Waals surface area contributed by atoms with Gasteiger partial charge in [-0.15, -0.1) is 0 Å². The summed E-state index contributed by atoms with van der Waals surface area (Å²) in [6, 6.07) is 2.14. The Bertz CT molecular complexity index is 378. The summed E-state index contributed by atoms with van der Waals surface area (Å²) in [5.74, 6) is 1.85. The number of hydrogen-bond donors (Lipinski definition) is 2. The summed E-state index contributed by atoms with van der Waals surface area (Å²) in [4.78, 5) is 4.26. The van der Waals surface area contributed by atoms with E-state index >= 15 is 0 Å². The van der Waals surface area contributed by atoms with Crippen molar-refractivity contribution in [3.05, 3.63) is 18.5 Å². The molecule has 0 aromatic carbocycles. The minimum Gasteiger partial charge on any atom is -0.384 e. The highest BCUT2D eigenvalue weighted by Gasteiger charge is 2.18. The third-order valence-electron chi connectivity index (χ3n) is 4.05. The fourth-order valence-electron chi connectivity index (χ4n) is 3.08. The number of anilines is 2. The quantitative estimate of drug-likeness (QED) is 0.808. The van der Waals surface area contributed by atoms with Crippen molar-refractivity contribution in [2.45, 2.75) is 46.0 Å². The molecule has 1 heterocycles. The van der Waals surface area contributed by atoms with E-state index in [0.29, 0.717) is 0 Å². The lowest BCUT2D eigenvalue weighted by Gasteiger charge is -2.26. The first-order valence-electron chi connectivity index (χ1n) is 7.70. The van der Waals surface area contributed by atoms with Crippen LogP contribution in [-0.4, -0.2) is 18.1 Å². The SMILES string of the molecule is CCNc1cncc(NCCC2CCCC(C)C2)c1. The molecule has 3 nitrogen and oxygen atoms in total. The standard InChI is InChI=1S/C16H27N3/c1-3-18-15-10-16(12-17-11-15)19-8-7-14-6-4-5-13(2)9-14/h10-14,18-19H,3-9H2,1-2H3. The second-order valence-electron chi connectivity index (χ2n) is 5.85. The van der Waals surface area contributed by atoms with Crippen LogP contribution < -0.4 is 10.6 Å². The molecule has 1 fully saturated rings. The molecule has 1 aliphatic rings. The van der Waals surface area contributed by atoms with Gasteiger partial charge in [0.1, 0.15) is 0 Å². The molecule has 1 aromatic rings. The van der Waals surface area contributed by atoms with Crippen molar-refractivity contribution in [1.29, 1.82) is 0 Å². The van der Waals surface area contributed by atoms with Crippen LogP contribution >= 0.6 is 0 Å². The van der Waals surface area contributed by atoms with Crippen LogP contribution in [0.2, 0.25) is 0 Å². The minimum atomic E-state index is 0.918. The Morgan fingerprint density at radius 2 is 2.00 bits per heavy atom. The Morgan fingerprint density at radius 1 is 1.21 bits per heavy atom. The van der Waals surface area contributed by atoms with Gasteiger partial charge in [-0.3, -0.25) is 4.98 Å². The lowest BCUT2D eigenvalue weighted by atomic mass is 9.81. The fourth-order valence-corrected chi connectivity index (χ4v) is 3.08. The van der Waals surface area contributed by atoms with Crippen molar-refractivity contribution in [3.63, 3.8) is 0 Å². The molecule has 2 N–H and O–H groups in total. The first-order chi connectivity index (χ1) is 9.28. The highest BCUT2D eigenvalue weighted by atomic mass is 14.9. The monoisotopic (exact) mass is 261 g/mol. The molecule has 1 saturated carbocycles. The third kappa shape index (κ3) is 4.73. The van der Waals surface area contributed by atoms with Crippen molar-refractivity contribution in [2.75, 3.05) is 23.7 Å². The summed E-state index contributed by atoms with van der Waals surface area (Å²) in [7, 11) is 0. The lowest BCUT2D eigenvalue weighted by molar-refractivity contribution is 0.274. The van der Waals surface area contributed by atoms with Gasteiger partial charge in [0, 0.05) is 13.1 Å². The number of hydrogen-bond acceptors (Lipinski definition) is 3. The van der Waals surface area contributed by atoms with Crippen molar-refractivity contribution in [2.24, 2.45) is 11.8 Å². The van der Waals surface area contributed by atoms with Crippen LogP contribution in [0, 0.1) is 11.8 Å². The predicted octanol–water partition coefficient (Wildman–Crippen LogP) is 4.14. The first kappa shape index (κ1) is 14.2. The van der Waals surface area contributed by atoms with Gasteiger partial charge in [0.25, 0.3) is 0 Å². The molecular weight excluding hydrogens is 234 g/mol. The molecule has 0 amide bonds. The zero-order chi connectivity index (χ0) is 13.5. The topological polar surface area (TPSA) is 37.0 Å². The van der Waals surface area contributed by atoms with Crippen LogP contribution in [0.25, 0.3) is 0 Å². The van der Waals surface area contributed by atoms with Gasteiger partial charge in [0.2, 0.25) is 0 Å². The van der Waals surface area contributed by atoms with Crippen molar-refractivity contribution < 1.29 is 0 Å². The average molecular weight is 261 g/mol. The molecule has 1 aliphatic carbocycles. The maximum atomic E-state index is 4.26. The van der Waals surface area contributed by atoms with Crippen LogP contribution in [-0.2, 0) is 0 Å². The molecule has 19 heavy (non-hydrogen) atoms. The highest BCUT2D eigenvalue weighted by molar-refractivity contribution is 5.53. The van der Waals surface area contributed by atoms with Crippen LogP contribution in [0.5, 0.6) is 0 Å². The van der Waals surface area contributed by atoms with E-state index < -0.39 is 0 Å². The van der Waals surface area contributed by atoms with E-state index in [2.05, 4.69) is 35.5 Å². The Labute approximate surface area is 117 Å². The first-order valence-corrected chi connectivity index (χ1v) is 7.70. The summed E-state index contributed by atoms with van der Waals surface area (Å²) >= 11 is 0. The smallest absolute Gasteiger partial charge is 0.0547 e. The number of pyridine rings is 1. The van der Waals surface area contributed by atoms with Gasteiger partial charge in [-0.1, -0.05) is 26.2 Å². The summed E-state index contributed by atoms with van der Waals surface area (Å²) in [6.07, 6.45) is 10.7. The number of rotatable bonds is 6. The van der Waals surface area contributed by atoms with E-state index in [4.69, 9.17) is 0 Å². The second kappa shape index (κ2) is 7.37.